The number of carbonyl (C=O) groups is 3. The Balaban J connectivity index is 1.86. The summed E-state index contributed by atoms with van der Waals surface area (Å²) in [6, 6.07) is 6.56. The van der Waals surface area contributed by atoms with Crippen molar-refractivity contribution in [2.75, 3.05) is 25.2 Å². The maximum absolute atomic E-state index is 12.2. The molecule has 0 spiro atoms. The highest BCUT2D eigenvalue weighted by Crippen LogP contribution is 2.43. The first-order valence-electron chi connectivity index (χ1n) is 9.33. The molecule has 1 aromatic carbocycles. The molecule has 2 atom stereocenters. The van der Waals surface area contributed by atoms with E-state index in [4.69, 9.17) is 9.47 Å². The van der Waals surface area contributed by atoms with E-state index >= 15 is 0 Å². The molecule has 154 valence electrons. The van der Waals surface area contributed by atoms with Gasteiger partial charge in [0.1, 0.15) is 6.04 Å². The second-order valence-corrected chi connectivity index (χ2v) is 9.30. The van der Waals surface area contributed by atoms with E-state index in [1.165, 1.54) is 19.1 Å². The quantitative estimate of drug-likeness (QED) is 0.639. The van der Waals surface area contributed by atoms with Crippen molar-refractivity contribution in [2.45, 2.75) is 37.3 Å². The number of ether oxygens (including phenoxy) is 2. The Labute approximate surface area is 174 Å². The molecular weight excluding hydrogens is 398 g/mol. The van der Waals surface area contributed by atoms with E-state index in [9.17, 15) is 14.4 Å². The van der Waals surface area contributed by atoms with E-state index in [1.54, 1.807) is 12.1 Å². The molecule has 28 heavy (non-hydrogen) atoms. The van der Waals surface area contributed by atoms with Crippen molar-refractivity contribution in [1.82, 2.24) is 5.32 Å². The second-order valence-electron chi connectivity index (χ2n) is 6.58. The highest BCUT2D eigenvalue weighted by Gasteiger charge is 2.27. The van der Waals surface area contributed by atoms with Crippen LogP contribution in [-0.4, -0.2) is 49.1 Å². The van der Waals surface area contributed by atoms with Gasteiger partial charge in [-0.05, 0) is 41.5 Å². The third-order valence-corrected chi connectivity index (χ3v) is 7.58. The summed E-state index contributed by atoms with van der Waals surface area (Å²) < 4.78 is 10.2. The predicted octanol–water partition coefficient (Wildman–Crippen LogP) is 3.42. The molecule has 1 aliphatic rings. The molecule has 0 radical (unpaired) electrons. The van der Waals surface area contributed by atoms with E-state index in [0.29, 0.717) is 16.6 Å². The first-order valence-corrected chi connectivity index (χ1v) is 11.4. The zero-order chi connectivity index (χ0) is 20.5. The molecule has 0 unspecified atom stereocenters. The number of benzene rings is 1. The van der Waals surface area contributed by atoms with Gasteiger partial charge in [0, 0.05) is 0 Å². The van der Waals surface area contributed by atoms with Gasteiger partial charge in [0.25, 0.3) is 5.91 Å². The van der Waals surface area contributed by atoms with Gasteiger partial charge in [-0.15, -0.1) is 23.5 Å². The SMILES string of the molecule is CC[C@H](C)[C@@H](NC(=O)COC(=O)c1ccc(C2SCCCS2)cc1)C(=O)OC. The van der Waals surface area contributed by atoms with Crippen molar-refractivity contribution in [2.24, 2.45) is 5.92 Å². The summed E-state index contributed by atoms with van der Waals surface area (Å²) in [6.45, 7) is 3.32. The number of rotatable bonds is 8. The highest BCUT2D eigenvalue weighted by molar-refractivity contribution is 8.16. The van der Waals surface area contributed by atoms with Crippen molar-refractivity contribution < 1.29 is 23.9 Å². The fraction of sp³-hybridized carbons (Fsp3) is 0.550. The van der Waals surface area contributed by atoms with Crippen molar-refractivity contribution in [3.8, 4) is 0 Å². The molecule has 0 aromatic heterocycles. The lowest BCUT2D eigenvalue weighted by atomic mass is 9.99. The molecule has 8 heteroatoms. The number of thioether (sulfide) groups is 2. The number of carbonyl (C=O) groups excluding carboxylic acids is 3. The molecular formula is C20H27NO5S2. The Bertz CT molecular complexity index is 674. The van der Waals surface area contributed by atoms with Crippen LogP contribution in [0.1, 0.15) is 47.2 Å². The molecule has 0 saturated carbocycles. The van der Waals surface area contributed by atoms with Crippen LogP contribution in [0.2, 0.25) is 0 Å². The molecule has 1 heterocycles. The highest BCUT2D eigenvalue weighted by atomic mass is 32.2. The maximum atomic E-state index is 12.2. The van der Waals surface area contributed by atoms with Crippen LogP contribution in [0.15, 0.2) is 24.3 Å². The van der Waals surface area contributed by atoms with E-state index in [-0.39, 0.29) is 5.92 Å². The first kappa shape index (κ1) is 22.6. The Morgan fingerprint density at radius 2 is 1.82 bits per heavy atom. The van der Waals surface area contributed by atoms with E-state index in [2.05, 4.69) is 5.32 Å². The Morgan fingerprint density at radius 1 is 1.18 bits per heavy atom. The maximum Gasteiger partial charge on any atom is 0.338 e. The zero-order valence-corrected chi connectivity index (χ0v) is 18.1. The van der Waals surface area contributed by atoms with Crippen LogP contribution in [0.3, 0.4) is 0 Å². The molecule has 1 saturated heterocycles. The molecule has 2 rings (SSSR count). The van der Waals surface area contributed by atoms with Crippen LogP contribution in [0.5, 0.6) is 0 Å². The second kappa shape index (κ2) is 11.4. The van der Waals surface area contributed by atoms with Crippen LogP contribution in [0.25, 0.3) is 0 Å². The normalized spacial score (nSPS) is 16.7. The molecule has 0 bridgehead atoms. The topological polar surface area (TPSA) is 81.7 Å². The summed E-state index contributed by atoms with van der Waals surface area (Å²) >= 11 is 3.83. The minimum Gasteiger partial charge on any atom is -0.467 e. The fourth-order valence-corrected chi connectivity index (χ4v) is 5.58. The fourth-order valence-electron chi connectivity index (χ4n) is 2.68. The molecule has 1 N–H and O–H groups in total. The van der Waals surface area contributed by atoms with Gasteiger partial charge >= 0.3 is 11.9 Å². The Morgan fingerprint density at radius 3 is 2.39 bits per heavy atom. The van der Waals surface area contributed by atoms with Crippen molar-refractivity contribution in [3.05, 3.63) is 35.4 Å². The summed E-state index contributed by atoms with van der Waals surface area (Å²) in [7, 11) is 1.28. The zero-order valence-electron chi connectivity index (χ0n) is 16.4. The van der Waals surface area contributed by atoms with Crippen LogP contribution in [0, 0.1) is 5.92 Å². The number of hydrogen-bond donors (Lipinski definition) is 1. The van der Waals surface area contributed by atoms with Gasteiger partial charge in [0.2, 0.25) is 0 Å². The van der Waals surface area contributed by atoms with E-state index in [0.717, 1.165) is 11.5 Å². The minimum atomic E-state index is -0.758. The molecule has 6 nitrogen and oxygen atoms in total. The van der Waals surface area contributed by atoms with Gasteiger partial charge in [0.15, 0.2) is 6.61 Å². The summed E-state index contributed by atoms with van der Waals surface area (Å²) in [5.41, 5.74) is 1.58. The summed E-state index contributed by atoms with van der Waals surface area (Å²) in [5, 5.41) is 2.58. The van der Waals surface area contributed by atoms with Gasteiger partial charge in [-0.2, -0.15) is 0 Å². The van der Waals surface area contributed by atoms with Crippen molar-refractivity contribution in [1.29, 1.82) is 0 Å². The average Bonchev–Trinajstić information content (AvgIpc) is 2.75. The third kappa shape index (κ3) is 6.44. The molecule has 1 fully saturated rings. The van der Waals surface area contributed by atoms with Gasteiger partial charge in [-0.3, -0.25) is 4.79 Å². The number of amides is 1. The number of hydrogen-bond acceptors (Lipinski definition) is 7. The molecule has 0 aliphatic carbocycles. The summed E-state index contributed by atoms with van der Waals surface area (Å²) in [5.74, 6) is 0.609. The van der Waals surface area contributed by atoms with E-state index in [1.807, 2.05) is 49.5 Å². The smallest absolute Gasteiger partial charge is 0.338 e. The lowest BCUT2D eigenvalue weighted by Gasteiger charge is -2.22. The van der Waals surface area contributed by atoms with Gasteiger partial charge in [0.05, 0.1) is 17.3 Å². The number of nitrogens with one attached hydrogen (secondary N) is 1. The molecule has 1 amide bonds. The van der Waals surface area contributed by atoms with Crippen LogP contribution in [0.4, 0.5) is 0 Å². The Hall–Kier alpha value is -1.67. The van der Waals surface area contributed by atoms with Crippen LogP contribution >= 0.6 is 23.5 Å². The predicted molar refractivity (Wildman–Crippen MR) is 112 cm³/mol. The molecule has 1 aliphatic heterocycles. The average molecular weight is 426 g/mol. The number of esters is 2. The summed E-state index contributed by atoms with van der Waals surface area (Å²) in [6.07, 6.45) is 1.93. The van der Waals surface area contributed by atoms with Crippen LogP contribution < -0.4 is 5.32 Å². The van der Waals surface area contributed by atoms with Crippen molar-refractivity contribution >= 4 is 41.4 Å². The first-order chi connectivity index (χ1) is 13.5. The van der Waals surface area contributed by atoms with Crippen molar-refractivity contribution in [3.63, 3.8) is 0 Å². The van der Waals surface area contributed by atoms with Crippen LogP contribution in [-0.2, 0) is 19.1 Å². The number of methoxy groups -OCH3 is 1. The van der Waals surface area contributed by atoms with Gasteiger partial charge in [-0.25, -0.2) is 9.59 Å². The van der Waals surface area contributed by atoms with Gasteiger partial charge in [-0.1, -0.05) is 32.4 Å². The van der Waals surface area contributed by atoms with E-state index < -0.39 is 30.5 Å². The monoisotopic (exact) mass is 425 g/mol. The Kier molecular flexibility index (Phi) is 9.18. The standard InChI is InChI=1S/C20H27NO5S2/c1-4-13(2)17(19(24)25-3)21-16(22)12-26-18(23)14-6-8-15(9-7-14)20-27-10-5-11-28-20/h6-9,13,17,20H,4-5,10-12H2,1-3H3,(H,21,22)/t13-,17+/m0/s1. The van der Waals surface area contributed by atoms with Gasteiger partial charge < -0.3 is 14.8 Å². The summed E-state index contributed by atoms with van der Waals surface area (Å²) in [4.78, 5) is 36.1. The lowest BCUT2D eigenvalue weighted by Crippen LogP contribution is -2.47. The lowest BCUT2D eigenvalue weighted by molar-refractivity contribution is -0.147. The minimum absolute atomic E-state index is 0.0878. The molecule has 1 aromatic rings. The third-order valence-electron chi connectivity index (χ3n) is 4.56. The largest absolute Gasteiger partial charge is 0.467 e.